The Hall–Kier alpha value is -0.810. The summed E-state index contributed by atoms with van der Waals surface area (Å²) < 4.78 is 0. The van der Waals surface area contributed by atoms with Gasteiger partial charge in [0.05, 0.1) is 0 Å². The van der Waals surface area contributed by atoms with Crippen molar-refractivity contribution < 1.29 is 5.11 Å². The predicted molar refractivity (Wildman–Crippen MR) is 77.3 cm³/mol. The fourth-order valence-electron chi connectivity index (χ4n) is 1.36. The summed E-state index contributed by atoms with van der Waals surface area (Å²) in [6.45, 7) is 7.49. The quantitative estimate of drug-likeness (QED) is 0.432. The number of thioether (sulfide) groups is 1. The van der Waals surface area contributed by atoms with Gasteiger partial charge in [-0.25, -0.2) is 9.97 Å². The van der Waals surface area contributed by atoms with Crippen molar-refractivity contribution in [1.82, 2.24) is 9.97 Å². The average molecular weight is 269 g/mol. The van der Waals surface area contributed by atoms with Crippen LogP contribution in [0, 0.1) is 0 Å². The second kappa shape index (κ2) is 8.32. The summed E-state index contributed by atoms with van der Waals surface area (Å²) in [4.78, 5) is 9.06. The Bertz CT molecular complexity index is 358. The van der Waals surface area contributed by atoms with Gasteiger partial charge in [-0.2, -0.15) is 0 Å². The number of aliphatic hydroxyl groups is 1. The molecule has 1 heterocycles. The summed E-state index contributed by atoms with van der Waals surface area (Å²) in [5.74, 6) is 2.99. The van der Waals surface area contributed by atoms with Crippen LogP contribution in [-0.4, -0.2) is 34.0 Å². The van der Waals surface area contributed by atoms with Crippen molar-refractivity contribution in [2.24, 2.45) is 0 Å². The number of hydrogen-bond donors (Lipinski definition) is 2. The number of anilines is 1. The van der Waals surface area contributed by atoms with E-state index in [1.54, 1.807) is 11.8 Å². The molecule has 1 rings (SSSR count). The Balaban J connectivity index is 2.77. The monoisotopic (exact) mass is 269 g/mol. The first-order chi connectivity index (χ1) is 8.67. The Labute approximate surface area is 114 Å². The molecule has 102 valence electrons. The van der Waals surface area contributed by atoms with Crippen molar-refractivity contribution in [2.75, 3.05) is 24.2 Å². The third-order valence-electron chi connectivity index (χ3n) is 2.34. The predicted octanol–water partition coefficient (Wildman–Crippen LogP) is 2.90. The topological polar surface area (TPSA) is 58.0 Å². The van der Waals surface area contributed by atoms with Gasteiger partial charge in [0.2, 0.25) is 0 Å². The number of rotatable bonds is 8. The van der Waals surface area contributed by atoms with E-state index >= 15 is 0 Å². The van der Waals surface area contributed by atoms with Crippen LogP contribution < -0.4 is 5.32 Å². The third kappa shape index (κ3) is 5.23. The SMILES string of the molecule is CCCNc1cc(SCCCO)nc(C(C)C)n1. The summed E-state index contributed by atoms with van der Waals surface area (Å²) in [6.07, 6.45) is 1.87. The van der Waals surface area contributed by atoms with Gasteiger partial charge in [0, 0.05) is 30.9 Å². The molecule has 0 unspecified atom stereocenters. The van der Waals surface area contributed by atoms with E-state index in [0.717, 1.165) is 41.8 Å². The second-order valence-corrected chi connectivity index (χ2v) is 5.57. The highest BCUT2D eigenvalue weighted by atomic mass is 32.2. The molecular formula is C13H23N3OS. The van der Waals surface area contributed by atoms with Gasteiger partial charge in [-0.3, -0.25) is 0 Å². The lowest BCUT2D eigenvalue weighted by Crippen LogP contribution is -2.07. The van der Waals surface area contributed by atoms with Crippen LogP contribution in [0.1, 0.15) is 45.4 Å². The highest BCUT2D eigenvalue weighted by Gasteiger charge is 2.08. The van der Waals surface area contributed by atoms with E-state index in [2.05, 4.69) is 36.1 Å². The molecule has 0 atom stereocenters. The van der Waals surface area contributed by atoms with Crippen molar-refractivity contribution in [3.63, 3.8) is 0 Å². The minimum absolute atomic E-state index is 0.232. The highest BCUT2D eigenvalue weighted by molar-refractivity contribution is 7.99. The van der Waals surface area contributed by atoms with E-state index in [0.29, 0.717) is 5.92 Å². The molecule has 5 heteroatoms. The number of aliphatic hydroxyl groups excluding tert-OH is 1. The summed E-state index contributed by atoms with van der Waals surface area (Å²) in [7, 11) is 0. The van der Waals surface area contributed by atoms with Crippen LogP contribution in [0.4, 0.5) is 5.82 Å². The van der Waals surface area contributed by atoms with Crippen molar-refractivity contribution in [3.8, 4) is 0 Å². The summed E-state index contributed by atoms with van der Waals surface area (Å²) >= 11 is 1.67. The fourth-order valence-corrected chi connectivity index (χ4v) is 2.20. The molecule has 0 radical (unpaired) electrons. The maximum absolute atomic E-state index is 8.80. The summed E-state index contributed by atoms with van der Waals surface area (Å²) in [6, 6.07) is 1.99. The van der Waals surface area contributed by atoms with Gasteiger partial charge < -0.3 is 10.4 Å². The van der Waals surface area contributed by atoms with Crippen molar-refractivity contribution >= 4 is 17.6 Å². The zero-order valence-corrected chi connectivity index (χ0v) is 12.3. The number of aromatic nitrogens is 2. The molecule has 2 N–H and O–H groups in total. The molecule has 0 aromatic carbocycles. The van der Waals surface area contributed by atoms with Crippen LogP contribution in [-0.2, 0) is 0 Å². The van der Waals surface area contributed by atoms with Gasteiger partial charge in [0.25, 0.3) is 0 Å². The summed E-state index contributed by atoms with van der Waals surface area (Å²) in [5, 5.41) is 13.1. The molecule has 0 spiro atoms. The molecule has 0 amide bonds. The van der Waals surface area contributed by atoms with E-state index in [4.69, 9.17) is 5.11 Å². The van der Waals surface area contributed by atoms with E-state index < -0.39 is 0 Å². The Morgan fingerprint density at radius 3 is 2.78 bits per heavy atom. The van der Waals surface area contributed by atoms with Crippen LogP contribution >= 0.6 is 11.8 Å². The fraction of sp³-hybridized carbons (Fsp3) is 0.692. The smallest absolute Gasteiger partial charge is 0.134 e. The molecule has 0 aliphatic carbocycles. The molecule has 0 saturated carbocycles. The van der Waals surface area contributed by atoms with E-state index in [1.165, 1.54) is 0 Å². The lowest BCUT2D eigenvalue weighted by atomic mass is 10.2. The van der Waals surface area contributed by atoms with Gasteiger partial charge in [-0.15, -0.1) is 11.8 Å². The number of nitrogens with one attached hydrogen (secondary N) is 1. The van der Waals surface area contributed by atoms with Crippen molar-refractivity contribution in [3.05, 3.63) is 11.9 Å². The number of hydrogen-bond acceptors (Lipinski definition) is 5. The van der Waals surface area contributed by atoms with E-state index in [-0.39, 0.29) is 6.61 Å². The van der Waals surface area contributed by atoms with Gasteiger partial charge in [0.1, 0.15) is 16.7 Å². The van der Waals surface area contributed by atoms with Crippen LogP contribution in [0.3, 0.4) is 0 Å². The number of nitrogens with zero attached hydrogens (tertiary/aromatic N) is 2. The Kier molecular flexibility index (Phi) is 7.05. The first-order valence-electron chi connectivity index (χ1n) is 6.53. The molecule has 0 bridgehead atoms. The molecule has 4 nitrogen and oxygen atoms in total. The third-order valence-corrected chi connectivity index (χ3v) is 3.34. The molecule has 1 aromatic rings. The Morgan fingerprint density at radius 2 is 2.17 bits per heavy atom. The van der Waals surface area contributed by atoms with E-state index in [1.807, 2.05) is 6.07 Å². The van der Waals surface area contributed by atoms with Gasteiger partial charge in [0.15, 0.2) is 0 Å². The van der Waals surface area contributed by atoms with Crippen LogP contribution in [0.2, 0.25) is 0 Å². The maximum atomic E-state index is 8.80. The molecule has 0 aliphatic rings. The molecule has 1 aromatic heterocycles. The van der Waals surface area contributed by atoms with Crippen LogP contribution in [0.15, 0.2) is 11.1 Å². The zero-order chi connectivity index (χ0) is 13.4. The minimum Gasteiger partial charge on any atom is -0.396 e. The molecular weight excluding hydrogens is 246 g/mol. The lowest BCUT2D eigenvalue weighted by molar-refractivity contribution is 0.296. The van der Waals surface area contributed by atoms with Crippen molar-refractivity contribution in [1.29, 1.82) is 0 Å². The summed E-state index contributed by atoms with van der Waals surface area (Å²) in [5.41, 5.74) is 0. The molecule has 0 saturated heterocycles. The normalized spacial score (nSPS) is 10.9. The minimum atomic E-state index is 0.232. The lowest BCUT2D eigenvalue weighted by Gasteiger charge is -2.11. The molecule has 0 fully saturated rings. The maximum Gasteiger partial charge on any atom is 0.134 e. The first-order valence-corrected chi connectivity index (χ1v) is 7.52. The highest BCUT2D eigenvalue weighted by Crippen LogP contribution is 2.22. The average Bonchev–Trinajstić information content (AvgIpc) is 2.36. The first kappa shape index (κ1) is 15.2. The molecule has 18 heavy (non-hydrogen) atoms. The van der Waals surface area contributed by atoms with Crippen LogP contribution in [0.5, 0.6) is 0 Å². The van der Waals surface area contributed by atoms with Crippen LogP contribution in [0.25, 0.3) is 0 Å². The standard InChI is InChI=1S/C13H23N3OS/c1-4-6-14-11-9-12(18-8-5-7-17)16-13(15-11)10(2)3/h9-10,17H,4-8H2,1-3H3,(H,14,15,16). The van der Waals surface area contributed by atoms with E-state index in [9.17, 15) is 0 Å². The van der Waals surface area contributed by atoms with Gasteiger partial charge in [-0.05, 0) is 12.8 Å². The van der Waals surface area contributed by atoms with Gasteiger partial charge >= 0.3 is 0 Å². The van der Waals surface area contributed by atoms with Crippen molar-refractivity contribution in [2.45, 2.75) is 44.6 Å². The Morgan fingerprint density at radius 1 is 1.39 bits per heavy atom. The van der Waals surface area contributed by atoms with Gasteiger partial charge in [-0.1, -0.05) is 20.8 Å². The largest absolute Gasteiger partial charge is 0.396 e. The molecule has 0 aliphatic heterocycles. The second-order valence-electron chi connectivity index (χ2n) is 4.46. The zero-order valence-electron chi connectivity index (χ0n) is 11.4.